The van der Waals surface area contributed by atoms with E-state index in [2.05, 4.69) is 0 Å². The molecule has 0 aromatic heterocycles. The Morgan fingerprint density at radius 1 is 1.22 bits per heavy atom. The van der Waals surface area contributed by atoms with Crippen molar-refractivity contribution in [3.8, 4) is 0 Å². The Bertz CT molecular complexity index is 713. The van der Waals surface area contributed by atoms with Gasteiger partial charge in [0.15, 0.2) is 9.84 Å². The standard InChI is InChI=1S/C17H22N2O3S/c1-18(2)15-12-23(21,22)16-11-19(10-14(15)16)17(20)9-8-13-6-4-3-5-7-13/h3-9,14-16H,10-12H2,1-2H3/t14-,15+,16-/m0/s1. The van der Waals surface area contributed by atoms with E-state index < -0.39 is 15.1 Å². The van der Waals surface area contributed by atoms with Crippen LogP contribution in [0.25, 0.3) is 6.08 Å². The number of nitrogens with zero attached hydrogens (tertiary/aromatic N) is 2. The Labute approximate surface area is 137 Å². The van der Waals surface area contributed by atoms with Crippen LogP contribution in [0.1, 0.15) is 5.56 Å². The maximum atomic E-state index is 12.4. The summed E-state index contributed by atoms with van der Waals surface area (Å²) in [5.41, 5.74) is 0.957. The number of sulfone groups is 1. The molecule has 3 atom stereocenters. The molecule has 1 amide bonds. The molecule has 2 fully saturated rings. The van der Waals surface area contributed by atoms with Crippen molar-refractivity contribution in [2.45, 2.75) is 11.3 Å². The molecule has 2 saturated heterocycles. The van der Waals surface area contributed by atoms with Crippen LogP contribution in [-0.4, -0.2) is 68.4 Å². The zero-order chi connectivity index (χ0) is 16.6. The molecule has 3 rings (SSSR count). The van der Waals surface area contributed by atoms with Gasteiger partial charge < -0.3 is 9.80 Å². The molecule has 6 heteroatoms. The molecule has 0 saturated carbocycles. The molecule has 0 spiro atoms. The Kier molecular flexibility index (Phi) is 4.29. The third-order valence-electron chi connectivity index (χ3n) is 4.86. The monoisotopic (exact) mass is 334 g/mol. The van der Waals surface area contributed by atoms with Crippen LogP contribution in [0, 0.1) is 5.92 Å². The average Bonchev–Trinajstić information content (AvgIpc) is 3.06. The molecule has 23 heavy (non-hydrogen) atoms. The molecule has 0 bridgehead atoms. The number of carbonyl (C=O) groups excluding carboxylic acids is 1. The van der Waals surface area contributed by atoms with Gasteiger partial charge in [-0.15, -0.1) is 0 Å². The van der Waals surface area contributed by atoms with Gasteiger partial charge in [-0.05, 0) is 25.7 Å². The number of amides is 1. The van der Waals surface area contributed by atoms with Gasteiger partial charge in [-0.2, -0.15) is 0 Å². The minimum atomic E-state index is -3.11. The lowest BCUT2D eigenvalue weighted by atomic mass is 10.00. The van der Waals surface area contributed by atoms with Crippen molar-refractivity contribution < 1.29 is 13.2 Å². The highest BCUT2D eigenvalue weighted by Crippen LogP contribution is 2.36. The predicted octanol–water partition coefficient (Wildman–Crippen LogP) is 0.885. The summed E-state index contributed by atoms with van der Waals surface area (Å²) in [6.45, 7) is 0.833. The van der Waals surface area contributed by atoms with Crippen LogP contribution in [0.4, 0.5) is 0 Å². The summed E-state index contributed by atoms with van der Waals surface area (Å²) in [7, 11) is 0.699. The van der Waals surface area contributed by atoms with E-state index >= 15 is 0 Å². The van der Waals surface area contributed by atoms with E-state index in [1.54, 1.807) is 11.0 Å². The van der Waals surface area contributed by atoms with Gasteiger partial charge >= 0.3 is 0 Å². The normalized spacial score (nSPS) is 29.3. The van der Waals surface area contributed by atoms with Gasteiger partial charge in [-0.1, -0.05) is 30.3 Å². The first-order valence-corrected chi connectivity index (χ1v) is 9.50. The van der Waals surface area contributed by atoms with Gasteiger partial charge in [-0.25, -0.2) is 8.42 Å². The summed E-state index contributed by atoms with van der Waals surface area (Å²) in [5, 5.41) is -0.413. The smallest absolute Gasteiger partial charge is 0.246 e. The fraction of sp³-hybridized carbons (Fsp3) is 0.471. The predicted molar refractivity (Wildman–Crippen MR) is 90.6 cm³/mol. The molecule has 1 aromatic carbocycles. The van der Waals surface area contributed by atoms with E-state index in [4.69, 9.17) is 0 Å². The second-order valence-corrected chi connectivity index (χ2v) is 8.81. The van der Waals surface area contributed by atoms with Crippen molar-refractivity contribution in [1.82, 2.24) is 9.80 Å². The lowest BCUT2D eigenvalue weighted by Crippen LogP contribution is -2.38. The highest BCUT2D eigenvalue weighted by atomic mass is 32.2. The second kappa shape index (κ2) is 6.09. The van der Waals surface area contributed by atoms with E-state index in [0.29, 0.717) is 13.1 Å². The van der Waals surface area contributed by atoms with Crippen molar-refractivity contribution in [1.29, 1.82) is 0 Å². The highest BCUT2D eigenvalue weighted by Gasteiger charge is 2.53. The van der Waals surface area contributed by atoms with Crippen molar-refractivity contribution in [3.63, 3.8) is 0 Å². The van der Waals surface area contributed by atoms with E-state index in [0.717, 1.165) is 5.56 Å². The maximum Gasteiger partial charge on any atom is 0.246 e. The van der Waals surface area contributed by atoms with Crippen LogP contribution in [0.3, 0.4) is 0 Å². The molecule has 2 aliphatic heterocycles. The zero-order valence-corrected chi connectivity index (χ0v) is 14.2. The van der Waals surface area contributed by atoms with Crippen LogP contribution in [0.5, 0.6) is 0 Å². The molecule has 0 aliphatic carbocycles. The number of fused-ring (bicyclic) bond motifs is 1. The minimum absolute atomic E-state index is 0.000836. The van der Waals surface area contributed by atoms with Crippen LogP contribution in [-0.2, 0) is 14.6 Å². The SMILES string of the molecule is CN(C)[C@@H]1CS(=O)(=O)[C@H]2CN(C(=O)C=Cc3ccccc3)C[C@@H]12. The Morgan fingerprint density at radius 2 is 1.91 bits per heavy atom. The Hall–Kier alpha value is -1.66. The lowest BCUT2D eigenvalue weighted by molar-refractivity contribution is -0.125. The molecular weight excluding hydrogens is 312 g/mol. The van der Waals surface area contributed by atoms with E-state index in [1.165, 1.54) is 6.08 Å². The maximum absolute atomic E-state index is 12.4. The number of likely N-dealkylation sites (tertiary alicyclic amines) is 1. The topological polar surface area (TPSA) is 57.7 Å². The molecule has 0 radical (unpaired) electrons. The lowest BCUT2D eigenvalue weighted by Gasteiger charge is -2.24. The summed E-state index contributed by atoms with van der Waals surface area (Å²) < 4.78 is 24.6. The number of hydrogen-bond acceptors (Lipinski definition) is 4. The van der Waals surface area contributed by atoms with Gasteiger partial charge in [0.2, 0.25) is 5.91 Å². The van der Waals surface area contributed by atoms with E-state index in [9.17, 15) is 13.2 Å². The molecule has 124 valence electrons. The average molecular weight is 334 g/mol. The van der Waals surface area contributed by atoms with Crippen molar-refractivity contribution in [2.24, 2.45) is 5.92 Å². The highest BCUT2D eigenvalue weighted by molar-refractivity contribution is 7.92. The molecule has 0 N–H and O–H groups in total. The van der Waals surface area contributed by atoms with Gasteiger partial charge in [0.1, 0.15) is 0 Å². The number of carbonyl (C=O) groups is 1. The molecular formula is C17H22N2O3S. The summed E-state index contributed by atoms with van der Waals surface area (Å²) in [5.74, 6) is 0.108. The summed E-state index contributed by atoms with van der Waals surface area (Å²) in [6, 6.07) is 9.61. The molecule has 0 unspecified atom stereocenters. The van der Waals surface area contributed by atoms with E-state index in [1.807, 2.05) is 49.3 Å². The van der Waals surface area contributed by atoms with Crippen molar-refractivity contribution >= 4 is 21.8 Å². The number of hydrogen-bond donors (Lipinski definition) is 0. The Balaban J connectivity index is 1.72. The first-order chi connectivity index (χ1) is 10.9. The third-order valence-corrected chi connectivity index (χ3v) is 7.09. The first-order valence-electron chi connectivity index (χ1n) is 7.78. The summed E-state index contributed by atoms with van der Waals surface area (Å²) >= 11 is 0. The van der Waals surface area contributed by atoms with Crippen LogP contribution >= 0.6 is 0 Å². The number of rotatable bonds is 3. The molecule has 1 aromatic rings. The van der Waals surface area contributed by atoms with E-state index in [-0.39, 0.29) is 23.6 Å². The molecule has 5 nitrogen and oxygen atoms in total. The summed E-state index contributed by atoms with van der Waals surface area (Å²) in [4.78, 5) is 16.0. The van der Waals surface area contributed by atoms with Crippen LogP contribution < -0.4 is 0 Å². The minimum Gasteiger partial charge on any atom is -0.337 e. The number of benzene rings is 1. The second-order valence-electron chi connectivity index (χ2n) is 6.55. The molecule has 2 heterocycles. The van der Waals surface area contributed by atoms with Gasteiger partial charge in [0.25, 0.3) is 0 Å². The van der Waals surface area contributed by atoms with Crippen LogP contribution in [0.2, 0.25) is 0 Å². The third kappa shape index (κ3) is 3.19. The zero-order valence-electron chi connectivity index (χ0n) is 13.4. The van der Waals surface area contributed by atoms with Crippen molar-refractivity contribution in [3.05, 3.63) is 42.0 Å². The first kappa shape index (κ1) is 16.2. The van der Waals surface area contributed by atoms with Gasteiger partial charge in [0.05, 0.1) is 11.0 Å². The Morgan fingerprint density at radius 3 is 2.57 bits per heavy atom. The van der Waals surface area contributed by atoms with Crippen LogP contribution in [0.15, 0.2) is 36.4 Å². The quantitative estimate of drug-likeness (QED) is 0.770. The van der Waals surface area contributed by atoms with Gasteiger partial charge in [-0.3, -0.25) is 4.79 Å². The summed E-state index contributed by atoms with van der Waals surface area (Å²) in [6.07, 6.45) is 3.31. The largest absolute Gasteiger partial charge is 0.337 e. The fourth-order valence-corrected chi connectivity index (χ4v) is 6.06. The molecule has 2 aliphatic rings. The van der Waals surface area contributed by atoms with Gasteiger partial charge in [0, 0.05) is 31.1 Å². The van der Waals surface area contributed by atoms with Crippen molar-refractivity contribution in [2.75, 3.05) is 32.9 Å². The fourth-order valence-electron chi connectivity index (χ4n) is 3.58.